The average molecular weight is 200 g/mol. The summed E-state index contributed by atoms with van der Waals surface area (Å²) in [6.45, 7) is 7.70. The largest absolute Gasteiger partial charge is 0.346 e. The highest BCUT2D eigenvalue weighted by molar-refractivity contribution is 5.76. The highest BCUT2D eigenvalue weighted by atomic mass is 16.2. The lowest BCUT2D eigenvalue weighted by molar-refractivity contribution is -0.130. The Bertz CT molecular complexity index is 169. The van der Waals surface area contributed by atoms with E-state index >= 15 is 0 Å². The Labute approximate surface area is 87.6 Å². The fourth-order valence-corrected chi connectivity index (χ4v) is 1.51. The number of hydrogen-bond donors (Lipinski definition) is 1. The monoisotopic (exact) mass is 200 g/mol. The zero-order chi connectivity index (χ0) is 11.1. The van der Waals surface area contributed by atoms with Crippen LogP contribution in [0.25, 0.3) is 0 Å². The molecule has 0 aromatic carbocycles. The molecule has 1 unspecified atom stereocenters. The van der Waals surface area contributed by atoms with Gasteiger partial charge in [0.05, 0.1) is 0 Å². The maximum absolute atomic E-state index is 11.6. The van der Waals surface area contributed by atoms with Crippen LogP contribution in [0.15, 0.2) is 0 Å². The number of nitrogens with zero attached hydrogens (tertiary/aromatic N) is 1. The van der Waals surface area contributed by atoms with Gasteiger partial charge in [0.2, 0.25) is 5.91 Å². The van der Waals surface area contributed by atoms with Gasteiger partial charge in [-0.05, 0) is 31.7 Å². The van der Waals surface area contributed by atoms with E-state index in [2.05, 4.69) is 13.8 Å². The van der Waals surface area contributed by atoms with E-state index in [0.717, 1.165) is 13.0 Å². The molecule has 14 heavy (non-hydrogen) atoms. The Morgan fingerprint density at radius 1 is 1.43 bits per heavy atom. The van der Waals surface area contributed by atoms with Crippen molar-refractivity contribution in [2.75, 3.05) is 20.1 Å². The van der Waals surface area contributed by atoms with E-state index in [1.54, 1.807) is 4.90 Å². The molecule has 0 aromatic rings. The molecule has 0 bridgehead atoms. The summed E-state index contributed by atoms with van der Waals surface area (Å²) in [5, 5.41) is 0. The van der Waals surface area contributed by atoms with E-state index < -0.39 is 0 Å². The molecule has 0 rings (SSSR count). The molecule has 0 aromatic heterocycles. The first-order chi connectivity index (χ1) is 6.51. The SMILES string of the molecule is CCN(C)C(=O)CC(CN)CC(C)C. The topological polar surface area (TPSA) is 46.3 Å². The summed E-state index contributed by atoms with van der Waals surface area (Å²) in [4.78, 5) is 13.3. The molecule has 3 heteroatoms. The van der Waals surface area contributed by atoms with E-state index in [0.29, 0.717) is 24.8 Å². The fraction of sp³-hybridized carbons (Fsp3) is 0.909. The number of carbonyl (C=O) groups excluding carboxylic acids is 1. The number of amides is 1. The highest BCUT2D eigenvalue weighted by Crippen LogP contribution is 2.15. The maximum atomic E-state index is 11.6. The molecule has 1 amide bonds. The van der Waals surface area contributed by atoms with Crippen LogP contribution in [0, 0.1) is 11.8 Å². The van der Waals surface area contributed by atoms with Crippen LogP contribution in [0.1, 0.15) is 33.6 Å². The second kappa shape index (κ2) is 6.82. The van der Waals surface area contributed by atoms with Crippen molar-refractivity contribution in [2.24, 2.45) is 17.6 Å². The molecule has 0 fully saturated rings. The minimum absolute atomic E-state index is 0.212. The molecule has 0 radical (unpaired) electrons. The molecular formula is C11H24N2O. The predicted molar refractivity (Wildman–Crippen MR) is 59.9 cm³/mol. The minimum atomic E-state index is 0.212. The standard InChI is InChI=1S/C11H24N2O/c1-5-13(4)11(14)7-10(8-12)6-9(2)3/h9-10H,5-8,12H2,1-4H3. The molecule has 2 N–H and O–H groups in total. The van der Waals surface area contributed by atoms with Gasteiger partial charge in [0, 0.05) is 20.0 Å². The van der Waals surface area contributed by atoms with Gasteiger partial charge in [-0.3, -0.25) is 4.79 Å². The molecule has 0 aliphatic carbocycles. The van der Waals surface area contributed by atoms with Crippen molar-refractivity contribution in [3.8, 4) is 0 Å². The van der Waals surface area contributed by atoms with Crippen LogP contribution in [-0.2, 0) is 4.79 Å². The van der Waals surface area contributed by atoms with Crippen molar-refractivity contribution in [3.63, 3.8) is 0 Å². The smallest absolute Gasteiger partial charge is 0.222 e. The summed E-state index contributed by atoms with van der Waals surface area (Å²) in [7, 11) is 1.84. The second-order valence-corrected chi connectivity index (χ2v) is 4.34. The van der Waals surface area contributed by atoms with Gasteiger partial charge >= 0.3 is 0 Å². The number of nitrogens with two attached hydrogens (primary N) is 1. The van der Waals surface area contributed by atoms with Gasteiger partial charge in [-0.2, -0.15) is 0 Å². The van der Waals surface area contributed by atoms with Crippen LogP contribution in [0.5, 0.6) is 0 Å². The van der Waals surface area contributed by atoms with Gasteiger partial charge in [-0.15, -0.1) is 0 Å². The molecule has 3 nitrogen and oxygen atoms in total. The van der Waals surface area contributed by atoms with Crippen molar-refractivity contribution in [1.82, 2.24) is 4.90 Å². The summed E-state index contributed by atoms with van der Waals surface area (Å²) in [5.41, 5.74) is 5.64. The number of carbonyl (C=O) groups is 1. The van der Waals surface area contributed by atoms with Gasteiger partial charge in [-0.1, -0.05) is 13.8 Å². The maximum Gasteiger partial charge on any atom is 0.222 e. The van der Waals surface area contributed by atoms with Gasteiger partial charge in [0.15, 0.2) is 0 Å². The third-order valence-electron chi connectivity index (χ3n) is 2.50. The Balaban J connectivity index is 3.98. The third kappa shape index (κ3) is 5.22. The van der Waals surface area contributed by atoms with E-state index in [9.17, 15) is 4.79 Å². The first kappa shape index (κ1) is 13.4. The van der Waals surface area contributed by atoms with Crippen molar-refractivity contribution in [3.05, 3.63) is 0 Å². The van der Waals surface area contributed by atoms with E-state index in [1.807, 2.05) is 14.0 Å². The molecular weight excluding hydrogens is 176 g/mol. The van der Waals surface area contributed by atoms with Crippen LogP contribution >= 0.6 is 0 Å². The molecule has 0 aliphatic rings. The first-order valence-electron chi connectivity index (χ1n) is 5.45. The van der Waals surface area contributed by atoms with Gasteiger partial charge in [0.25, 0.3) is 0 Å². The van der Waals surface area contributed by atoms with Crippen LogP contribution in [0.2, 0.25) is 0 Å². The first-order valence-corrected chi connectivity index (χ1v) is 5.45. The normalized spacial score (nSPS) is 13.0. The van der Waals surface area contributed by atoms with Crippen LogP contribution in [0.4, 0.5) is 0 Å². The Kier molecular flexibility index (Phi) is 6.54. The van der Waals surface area contributed by atoms with Crippen molar-refractivity contribution in [2.45, 2.75) is 33.6 Å². The van der Waals surface area contributed by atoms with Crippen LogP contribution in [0.3, 0.4) is 0 Å². The molecule has 0 aliphatic heterocycles. The third-order valence-corrected chi connectivity index (χ3v) is 2.50. The van der Waals surface area contributed by atoms with E-state index in [1.165, 1.54) is 0 Å². The molecule has 84 valence electrons. The minimum Gasteiger partial charge on any atom is -0.346 e. The van der Waals surface area contributed by atoms with Crippen LogP contribution < -0.4 is 5.73 Å². The molecule has 0 saturated heterocycles. The van der Waals surface area contributed by atoms with Crippen molar-refractivity contribution in [1.29, 1.82) is 0 Å². The quantitative estimate of drug-likeness (QED) is 0.706. The lowest BCUT2D eigenvalue weighted by Gasteiger charge is -2.20. The van der Waals surface area contributed by atoms with E-state index in [-0.39, 0.29) is 5.91 Å². The fourth-order valence-electron chi connectivity index (χ4n) is 1.51. The average Bonchev–Trinajstić information content (AvgIpc) is 2.14. The predicted octanol–water partition coefficient (Wildman–Crippen LogP) is 1.48. The summed E-state index contributed by atoms with van der Waals surface area (Å²) < 4.78 is 0. The zero-order valence-electron chi connectivity index (χ0n) is 9.92. The van der Waals surface area contributed by atoms with Gasteiger partial charge < -0.3 is 10.6 Å². The molecule has 0 spiro atoms. The number of rotatable bonds is 6. The Morgan fingerprint density at radius 3 is 2.36 bits per heavy atom. The molecule has 1 atom stereocenters. The van der Waals surface area contributed by atoms with Crippen molar-refractivity contribution >= 4 is 5.91 Å². The summed E-state index contributed by atoms with van der Waals surface area (Å²) in [6.07, 6.45) is 1.64. The lowest BCUT2D eigenvalue weighted by Crippen LogP contribution is -2.30. The summed E-state index contributed by atoms with van der Waals surface area (Å²) in [6, 6.07) is 0. The number of hydrogen-bond acceptors (Lipinski definition) is 2. The highest BCUT2D eigenvalue weighted by Gasteiger charge is 2.15. The van der Waals surface area contributed by atoms with E-state index in [4.69, 9.17) is 5.73 Å². The molecule has 0 heterocycles. The van der Waals surface area contributed by atoms with Crippen LogP contribution in [-0.4, -0.2) is 30.9 Å². The second-order valence-electron chi connectivity index (χ2n) is 4.34. The summed E-state index contributed by atoms with van der Waals surface area (Å²) >= 11 is 0. The van der Waals surface area contributed by atoms with Crippen molar-refractivity contribution < 1.29 is 4.79 Å². The lowest BCUT2D eigenvalue weighted by atomic mass is 9.94. The molecule has 0 saturated carbocycles. The van der Waals surface area contributed by atoms with Gasteiger partial charge in [-0.25, -0.2) is 0 Å². The summed E-state index contributed by atoms with van der Waals surface area (Å²) in [5.74, 6) is 1.17. The Hall–Kier alpha value is -0.570. The van der Waals surface area contributed by atoms with Gasteiger partial charge in [0.1, 0.15) is 0 Å². The zero-order valence-corrected chi connectivity index (χ0v) is 9.92. The Morgan fingerprint density at radius 2 is 2.00 bits per heavy atom.